The zero-order valence-corrected chi connectivity index (χ0v) is 9.42. The van der Waals surface area contributed by atoms with Crippen molar-refractivity contribution in [3.8, 4) is 0 Å². The standard InChI is InChI=1S/C11H26N2/c1-4-5-6-11(13)10(8-12)7-9(2)3/h9-11H,4-8,12-13H2,1-3H3. The van der Waals surface area contributed by atoms with Crippen LogP contribution in [0.25, 0.3) is 0 Å². The predicted octanol–water partition coefficient (Wildman–Crippen LogP) is 2.12. The average Bonchev–Trinajstić information content (AvgIpc) is 2.09. The third kappa shape index (κ3) is 6.05. The highest BCUT2D eigenvalue weighted by Gasteiger charge is 2.16. The summed E-state index contributed by atoms with van der Waals surface area (Å²) in [5, 5.41) is 0. The van der Waals surface area contributed by atoms with Gasteiger partial charge in [0.25, 0.3) is 0 Å². The summed E-state index contributed by atoms with van der Waals surface area (Å²) in [6.07, 6.45) is 4.76. The van der Waals surface area contributed by atoms with Gasteiger partial charge in [0.2, 0.25) is 0 Å². The zero-order valence-electron chi connectivity index (χ0n) is 9.42. The zero-order chi connectivity index (χ0) is 10.3. The molecule has 0 aromatic rings. The maximum Gasteiger partial charge on any atom is 0.00792 e. The number of hydrogen-bond donors (Lipinski definition) is 2. The first kappa shape index (κ1) is 12.9. The van der Waals surface area contributed by atoms with Gasteiger partial charge in [0.05, 0.1) is 0 Å². The molecule has 2 unspecified atom stereocenters. The molecule has 13 heavy (non-hydrogen) atoms. The molecule has 0 radical (unpaired) electrons. The van der Waals surface area contributed by atoms with E-state index in [1.807, 2.05) is 0 Å². The van der Waals surface area contributed by atoms with Gasteiger partial charge in [-0.15, -0.1) is 0 Å². The smallest absolute Gasteiger partial charge is 0.00792 e. The fraction of sp³-hybridized carbons (Fsp3) is 1.00. The van der Waals surface area contributed by atoms with E-state index in [1.165, 1.54) is 19.3 Å². The molecule has 0 aliphatic rings. The summed E-state index contributed by atoms with van der Waals surface area (Å²) >= 11 is 0. The molecule has 0 amide bonds. The van der Waals surface area contributed by atoms with E-state index >= 15 is 0 Å². The predicted molar refractivity (Wildman–Crippen MR) is 59.5 cm³/mol. The summed E-state index contributed by atoms with van der Waals surface area (Å²) < 4.78 is 0. The summed E-state index contributed by atoms with van der Waals surface area (Å²) in [5.74, 6) is 1.23. The lowest BCUT2D eigenvalue weighted by Crippen LogP contribution is -2.35. The van der Waals surface area contributed by atoms with Gasteiger partial charge in [0, 0.05) is 6.04 Å². The van der Waals surface area contributed by atoms with Gasteiger partial charge in [0.15, 0.2) is 0 Å². The van der Waals surface area contributed by atoms with Crippen molar-refractivity contribution in [2.45, 2.75) is 52.5 Å². The molecule has 0 rings (SSSR count). The van der Waals surface area contributed by atoms with Crippen molar-refractivity contribution in [2.75, 3.05) is 6.54 Å². The van der Waals surface area contributed by atoms with E-state index in [2.05, 4.69) is 20.8 Å². The first-order chi connectivity index (χ1) is 6.11. The Morgan fingerprint density at radius 2 is 1.85 bits per heavy atom. The van der Waals surface area contributed by atoms with Gasteiger partial charge < -0.3 is 11.5 Å². The first-order valence-corrected chi connectivity index (χ1v) is 5.57. The molecule has 0 aliphatic heterocycles. The van der Waals surface area contributed by atoms with Crippen molar-refractivity contribution >= 4 is 0 Å². The molecule has 0 saturated carbocycles. The minimum atomic E-state index is 0.312. The van der Waals surface area contributed by atoms with Gasteiger partial charge in [-0.25, -0.2) is 0 Å². The number of nitrogens with two attached hydrogens (primary N) is 2. The lowest BCUT2D eigenvalue weighted by molar-refractivity contribution is 0.335. The SMILES string of the molecule is CCCCC(N)C(CN)CC(C)C. The molecule has 2 nitrogen and oxygen atoms in total. The molecular formula is C11H26N2. The van der Waals surface area contributed by atoms with E-state index in [4.69, 9.17) is 11.5 Å². The van der Waals surface area contributed by atoms with Crippen LogP contribution in [0.15, 0.2) is 0 Å². The molecule has 2 atom stereocenters. The molecule has 0 fully saturated rings. The van der Waals surface area contributed by atoms with Gasteiger partial charge in [-0.3, -0.25) is 0 Å². The maximum atomic E-state index is 6.08. The minimum Gasteiger partial charge on any atom is -0.330 e. The van der Waals surface area contributed by atoms with Crippen LogP contribution in [0.5, 0.6) is 0 Å². The average molecular weight is 186 g/mol. The van der Waals surface area contributed by atoms with Gasteiger partial charge in [-0.05, 0) is 31.2 Å². The molecule has 80 valence electrons. The molecule has 0 aliphatic carbocycles. The molecule has 0 aromatic carbocycles. The fourth-order valence-electron chi connectivity index (χ4n) is 1.73. The lowest BCUT2D eigenvalue weighted by Gasteiger charge is -2.23. The molecule has 4 N–H and O–H groups in total. The number of hydrogen-bond acceptors (Lipinski definition) is 2. The van der Waals surface area contributed by atoms with Crippen LogP contribution in [0.4, 0.5) is 0 Å². The van der Waals surface area contributed by atoms with Crippen LogP contribution >= 0.6 is 0 Å². The highest BCUT2D eigenvalue weighted by molar-refractivity contribution is 4.74. The van der Waals surface area contributed by atoms with Crippen molar-refractivity contribution in [3.05, 3.63) is 0 Å². The number of unbranched alkanes of at least 4 members (excludes halogenated alkanes) is 1. The maximum absolute atomic E-state index is 6.08. The summed E-state index contributed by atoms with van der Waals surface area (Å²) in [5.41, 5.74) is 11.8. The van der Waals surface area contributed by atoms with E-state index in [0.717, 1.165) is 13.0 Å². The summed E-state index contributed by atoms with van der Waals surface area (Å²) in [6.45, 7) is 7.40. The summed E-state index contributed by atoms with van der Waals surface area (Å²) in [6, 6.07) is 0.312. The second kappa shape index (κ2) is 7.34. The van der Waals surface area contributed by atoms with Gasteiger partial charge in [0.1, 0.15) is 0 Å². The Morgan fingerprint density at radius 3 is 2.23 bits per heavy atom. The normalized spacial score (nSPS) is 16.2. The Kier molecular flexibility index (Phi) is 7.29. The van der Waals surface area contributed by atoms with Crippen LogP contribution < -0.4 is 11.5 Å². The topological polar surface area (TPSA) is 52.0 Å². The summed E-state index contributed by atoms with van der Waals surface area (Å²) in [7, 11) is 0. The van der Waals surface area contributed by atoms with Crippen molar-refractivity contribution in [1.29, 1.82) is 0 Å². The lowest BCUT2D eigenvalue weighted by atomic mass is 9.88. The highest BCUT2D eigenvalue weighted by atomic mass is 14.7. The fourth-order valence-corrected chi connectivity index (χ4v) is 1.73. The Morgan fingerprint density at radius 1 is 1.23 bits per heavy atom. The first-order valence-electron chi connectivity index (χ1n) is 5.57. The van der Waals surface area contributed by atoms with E-state index in [0.29, 0.717) is 17.9 Å². The second-order valence-corrected chi connectivity index (χ2v) is 4.43. The van der Waals surface area contributed by atoms with Crippen molar-refractivity contribution in [3.63, 3.8) is 0 Å². The molecule has 0 aromatic heterocycles. The highest BCUT2D eigenvalue weighted by Crippen LogP contribution is 2.16. The minimum absolute atomic E-state index is 0.312. The number of rotatable bonds is 7. The van der Waals surface area contributed by atoms with E-state index in [-0.39, 0.29) is 0 Å². The third-order valence-corrected chi connectivity index (χ3v) is 2.57. The molecule has 0 bridgehead atoms. The molecular weight excluding hydrogens is 160 g/mol. The third-order valence-electron chi connectivity index (χ3n) is 2.57. The van der Waals surface area contributed by atoms with E-state index in [9.17, 15) is 0 Å². The summed E-state index contributed by atoms with van der Waals surface area (Å²) in [4.78, 5) is 0. The van der Waals surface area contributed by atoms with Gasteiger partial charge in [-0.1, -0.05) is 33.6 Å². The second-order valence-electron chi connectivity index (χ2n) is 4.43. The van der Waals surface area contributed by atoms with Crippen LogP contribution in [0.3, 0.4) is 0 Å². The van der Waals surface area contributed by atoms with Crippen LogP contribution in [0.2, 0.25) is 0 Å². The Labute approximate surface area is 83.1 Å². The van der Waals surface area contributed by atoms with Crippen LogP contribution in [-0.2, 0) is 0 Å². The van der Waals surface area contributed by atoms with E-state index < -0.39 is 0 Å². The quantitative estimate of drug-likeness (QED) is 0.640. The molecule has 0 heterocycles. The Hall–Kier alpha value is -0.0800. The van der Waals surface area contributed by atoms with Gasteiger partial charge >= 0.3 is 0 Å². The molecule has 2 heteroatoms. The Balaban J connectivity index is 3.77. The monoisotopic (exact) mass is 186 g/mol. The van der Waals surface area contributed by atoms with Crippen LogP contribution in [-0.4, -0.2) is 12.6 Å². The largest absolute Gasteiger partial charge is 0.330 e. The van der Waals surface area contributed by atoms with E-state index in [1.54, 1.807) is 0 Å². The molecule has 0 saturated heterocycles. The van der Waals surface area contributed by atoms with Crippen LogP contribution in [0, 0.1) is 11.8 Å². The molecule has 0 spiro atoms. The van der Waals surface area contributed by atoms with Crippen molar-refractivity contribution in [2.24, 2.45) is 23.3 Å². The van der Waals surface area contributed by atoms with Gasteiger partial charge in [-0.2, -0.15) is 0 Å². The van der Waals surface area contributed by atoms with Crippen LogP contribution in [0.1, 0.15) is 46.5 Å². The van der Waals surface area contributed by atoms with Crippen molar-refractivity contribution in [1.82, 2.24) is 0 Å². The Bertz CT molecular complexity index is 113. The van der Waals surface area contributed by atoms with Crippen molar-refractivity contribution < 1.29 is 0 Å².